The van der Waals surface area contributed by atoms with Crippen LogP contribution in [0.4, 0.5) is 10.1 Å². The Bertz CT molecular complexity index is 359. The van der Waals surface area contributed by atoms with E-state index in [9.17, 15) is 4.39 Å². The molecule has 1 saturated heterocycles. The highest BCUT2D eigenvalue weighted by Gasteiger charge is 2.22. The molecule has 2 unspecified atom stereocenters. The van der Waals surface area contributed by atoms with Gasteiger partial charge in [0.1, 0.15) is 5.82 Å². The summed E-state index contributed by atoms with van der Waals surface area (Å²) in [6.07, 6.45) is 2.37. The average Bonchev–Trinajstić information content (AvgIpc) is 2.33. The fraction of sp³-hybridized carbons (Fsp3) is 0.571. The summed E-state index contributed by atoms with van der Waals surface area (Å²) < 4.78 is 13.3. The maximum Gasteiger partial charge on any atom is 0.125 e. The van der Waals surface area contributed by atoms with Crippen LogP contribution in [-0.4, -0.2) is 25.2 Å². The molecule has 1 heterocycles. The molecule has 0 amide bonds. The topological polar surface area (TPSA) is 15.3 Å². The van der Waals surface area contributed by atoms with Crippen LogP contribution in [0.15, 0.2) is 24.3 Å². The van der Waals surface area contributed by atoms with Gasteiger partial charge in [-0.25, -0.2) is 4.39 Å². The number of piperidine rings is 1. The summed E-state index contributed by atoms with van der Waals surface area (Å²) in [6.45, 7) is 6.26. The number of anilines is 1. The van der Waals surface area contributed by atoms with Crippen LogP contribution in [-0.2, 0) is 0 Å². The Hall–Kier alpha value is -1.09. The molecular weight excluding hydrogens is 215 g/mol. The van der Waals surface area contributed by atoms with Crippen molar-refractivity contribution in [3.05, 3.63) is 30.1 Å². The molecular formula is C14H21FN2. The number of halogens is 1. The summed E-state index contributed by atoms with van der Waals surface area (Å²) in [7, 11) is 0. The zero-order chi connectivity index (χ0) is 12.3. The van der Waals surface area contributed by atoms with E-state index >= 15 is 0 Å². The molecule has 2 atom stereocenters. The smallest absolute Gasteiger partial charge is 0.125 e. The molecule has 17 heavy (non-hydrogen) atoms. The van der Waals surface area contributed by atoms with Gasteiger partial charge in [0, 0.05) is 30.9 Å². The average molecular weight is 236 g/mol. The fourth-order valence-electron chi connectivity index (χ4n) is 2.56. The van der Waals surface area contributed by atoms with Gasteiger partial charge in [0.2, 0.25) is 0 Å². The zero-order valence-electron chi connectivity index (χ0n) is 10.6. The molecule has 0 bridgehead atoms. The van der Waals surface area contributed by atoms with Crippen molar-refractivity contribution < 1.29 is 4.39 Å². The van der Waals surface area contributed by atoms with E-state index in [2.05, 4.69) is 24.1 Å². The minimum atomic E-state index is -0.155. The van der Waals surface area contributed by atoms with Gasteiger partial charge in [0.15, 0.2) is 0 Å². The Kier molecular flexibility index (Phi) is 4.00. The summed E-state index contributed by atoms with van der Waals surface area (Å²) in [5.74, 6) is -0.155. The van der Waals surface area contributed by atoms with E-state index in [-0.39, 0.29) is 5.82 Å². The predicted molar refractivity (Wildman–Crippen MR) is 69.9 cm³/mol. The van der Waals surface area contributed by atoms with Crippen molar-refractivity contribution in [3.63, 3.8) is 0 Å². The monoisotopic (exact) mass is 236 g/mol. The number of hydrogen-bond donors (Lipinski definition) is 1. The van der Waals surface area contributed by atoms with Gasteiger partial charge in [-0.2, -0.15) is 0 Å². The van der Waals surface area contributed by atoms with Crippen LogP contribution in [0.1, 0.15) is 26.7 Å². The summed E-state index contributed by atoms with van der Waals surface area (Å²) in [5.41, 5.74) is 0.994. The predicted octanol–water partition coefficient (Wildman–Crippen LogP) is 2.79. The van der Waals surface area contributed by atoms with E-state index in [1.807, 2.05) is 6.07 Å². The summed E-state index contributed by atoms with van der Waals surface area (Å²) in [6, 6.07) is 7.99. The maximum absolute atomic E-state index is 13.3. The van der Waals surface area contributed by atoms with Crippen molar-refractivity contribution in [2.24, 2.45) is 0 Å². The normalized spacial score (nSPS) is 24.6. The van der Waals surface area contributed by atoms with Crippen molar-refractivity contribution >= 4 is 5.69 Å². The van der Waals surface area contributed by atoms with Gasteiger partial charge in [0.25, 0.3) is 0 Å². The van der Waals surface area contributed by atoms with Crippen LogP contribution >= 0.6 is 0 Å². The van der Waals surface area contributed by atoms with E-state index in [0.717, 1.165) is 18.8 Å². The lowest BCUT2D eigenvalue weighted by atomic mass is 10.00. The molecule has 1 aromatic rings. The first kappa shape index (κ1) is 12.4. The Labute approximate surface area is 103 Å². The summed E-state index contributed by atoms with van der Waals surface area (Å²) in [4.78, 5) is 2.29. The standard InChI is InChI=1S/C14H21FN2/c1-3-17(13-6-4-5-12(15)9-13)14-8-7-11(2)16-10-14/h4-6,9,11,14,16H,3,7-8,10H2,1-2H3. The first-order chi connectivity index (χ1) is 8.20. The van der Waals surface area contributed by atoms with Crippen LogP contribution < -0.4 is 10.2 Å². The molecule has 2 rings (SSSR count). The highest BCUT2D eigenvalue weighted by molar-refractivity contribution is 5.47. The molecule has 3 heteroatoms. The molecule has 1 aromatic carbocycles. The maximum atomic E-state index is 13.3. The van der Waals surface area contributed by atoms with Crippen LogP contribution in [0, 0.1) is 5.82 Å². The van der Waals surface area contributed by atoms with Crippen LogP contribution in [0.3, 0.4) is 0 Å². The molecule has 0 radical (unpaired) electrons. The van der Waals surface area contributed by atoms with Crippen molar-refractivity contribution in [1.82, 2.24) is 5.32 Å². The number of rotatable bonds is 3. The second kappa shape index (κ2) is 5.50. The van der Waals surface area contributed by atoms with Gasteiger partial charge in [-0.3, -0.25) is 0 Å². The molecule has 0 aromatic heterocycles. The summed E-state index contributed by atoms with van der Waals surface area (Å²) >= 11 is 0. The molecule has 94 valence electrons. The number of benzene rings is 1. The third-order valence-electron chi connectivity index (χ3n) is 3.56. The molecule has 0 aliphatic carbocycles. The van der Waals surface area contributed by atoms with Gasteiger partial charge in [-0.05, 0) is 44.9 Å². The molecule has 1 fully saturated rings. The van der Waals surface area contributed by atoms with E-state index in [0.29, 0.717) is 12.1 Å². The van der Waals surface area contributed by atoms with Crippen molar-refractivity contribution in [3.8, 4) is 0 Å². The quantitative estimate of drug-likeness (QED) is 0.868. The van der Waals surface area contributed by atoms with Crippen LogP contribution in [0.2, 0.25) is 0 Å². The Morgan fingerprint density at radius 3 is 2.82 bits per heavy atom. The SMILES string of the molecule is CCN(c1cccc(F)c1)C1CCC(C)NC1. The van der Waals surface area contributed by atoms with Crippen LogP contribution in [0.5, 0.6) is 0 Å². The lowest BCUT2D eigenvalue weighted by molar-refractivity contribution is 0.370. The van der Waals surface area contributed by atoms with Crippen molar-refractivity contribution in [1.29, 1.82) is 0 Å². The number of nitrogens with one attached hydrogen (secondary N) is 1. The first-order valence-electron chi connectivity index (χ1n) is 6.46. The minimum Gasteiger partial charge on any atom is -0.367 e. The molecule has 1 N–H and O–H groups in total. The number of hydrogen-bond acceptors (Lipinski definition) is 2. The van der Waals surface area contributed by atoms with Crippen LogP contribution in [0.25, 0.3) is 0 Å². The zero-order valence-corrected chi connectivity index (χ0v) is 10.6. The lowest BCUT2D eigenvalue weighted by Crippen LogP contribution is -2.49. The number of likely N-dealkylation sites (N-methyl/N-ethyl adjacent to an activating group) is 1. The van der Waals surface area contributed by atoms with Gasteiger partial charge < -0.3 is 10.2 Å². The van der Waals surface area contributed by atoms with E-state index in [1.54, 1.807) is 12.1 Å². The van der Waals surface area contributed by atoms with Gasteiger partial charge in [-0.1, -0.05) is 6.07 Å². The second-order valence-electron chi connectivity index (χ2n) is 4.81. The number of nitrogens with zero attached hydrogens (tertiary/aromatic N) is 1. The van der Waals surface area contributed by atoms with Gasteiger partial charge >= 0.3 is 0 Å². The Balaban J connectivity index is 2.10. The molecule has 1 aliphatic heterocycles. The largest absolute Gasteiger partial charge is 0.367 e. The van der Waals surface area contributed by atoms with E-state index in [1.165, 1.54) is 18.9 Å². The third-order valence-corrected chi connectivity index (χ3v) is 3.56. The second-order valence-corrected chi connectivity index (χ2v) is 4.81. The van der Waals surface area contributed by atoms with Gasteiger partial charge in [0.05, 0.1) is 0 Å². The van der Waals surface area contributed by atoms with Crippen molar-refractivity contribution in [2.45, 2.75) is 38.8 Å². The minimum absolute atomic E-state index is 0.155. The Morgan fingerprint density at radius 2 is 2.24 bits per heavy atom. The van der Waals surface area contributed by atoms with E-state index in [4.69, 9.17) is 0 Å². The molecule has 2 nitrogen and oxygen atoms in total. The third kappa shape index (κ3) is 2.97. The van der Waals surface area contributed by atoms with Crippen molar-refractivity contribution in [2.75, 3.05) is 18.0 Å². The fourth-order valence-corrected chi connectivity index (χ4v) is 2.56. The van der Waals surface area contributed by atoms with Gasteiger partial charge in [-0.15, -0.1) is 0 Å². The lowest BCUT2D eigenvalue weighted by Gasteiger charge is -2.37. The first-order valence-corrected chi connectivity index (χ1v) is 6.46. The molecule has 1 aliphatic rings. The highest BCUT2D eigenvalue weighted by Crippen LogP contribution is 2.22. The Morgan fingerprint density at radius 1 is 1.41 bits per heavy atom. The summed E-state index contributed by atoms with van der Waals surface area (Å²) in [5, 5.41) is 3.50. The molecule has 0 spiro atoms. The van der Waals surface area contributed by atoms with E-state index < -0.39 is 0 Å². The molecule has 0 saturated carbocycles. The highest BCUT2D eigenvalue weighted by atomic mass is 19.1.